The van der Waals surface area contributed by atoms with E-state index in [9.17, 15) is 13.9 Å². The zero-order valence-electron chi connectivity index (χ0n) is 9.56. The monoisotopic (exact) mass is 314 g/mol. The van der Waals surface area contributed by atoms with Gasteiger partial charge in [-0.15, -0.1) is 0 Å². The van der Waals surface area contributed by atoms with Crippen LogP contribution in [0.4, 0.5) is 14.7 Å². The lowest BCUT2D eigenvalue weighted by atomic mass is 10.1. The van der Waals surface area contributed by atoms with E-state index in [0.717, 1.165) is 0 Å². The summed E-state index contributed by atoms with van der Waals surface area (Å²) in [6, 6.07) is 0. The van der Waals surface area contributed by atoms with Crippen LogP contribution in [0.25, 0.3) is 0 Å². The van der Waals surface area contributed by atoms with E-state index < -0.39 is 18.6 Å². The number of β-amino-alcohol motifs (C(OH)–C–C–N with tert-alkyl or cyclic N) is 1. The number of halogens is 4. The minimum Gasteiger partial charge on any atom is -0.380 e. The Morgan fingerprint density at radius 3 is 2.47 bits per heavy atom. The van der Waals surface area contributed by atoms with Gasteiger partial charge in [-0.25, -0.2) is 8.78 Å². The molecule has 1 saturated heterocycles. The van der Waals surface area contributed by atoms with Crippen LogP contribution in [0.2, 0.25) is 10.6 Å². The van der Waals surface area contributed by atoms with Crippen molar-refractivity contribution in [1.82, 2.24) is 15.0 Å². The van der Waals surface area contributed by atoms with Gasteiger partial charge in [-0.05, 0) is 23.2 Å². The first-order valence-corrected chi connectivity index (χ1v) is 6.06. The molecule has 6 nitrogen and oxygen atoms in total. The Bertz CT molecular complexity index is 448. The summed E-state index contributed by atoms with van der Waals surface area (Å²) in [4.78, 5) is 12.5. The van der Waals surface area contributed by atoms with E-state index in [4.69, 9.17) is 27.9 Å². The molecule has 2 heterocycles. The van der Waals surface area contributed by atoms with E-state index in [0.29, 0.717) is 0 Å². The summed E-state index contributed by atoms with van der Waals surface area (Å²) in [5, 5.41) is 9.54. The highest BCUT2D eigenvalue weighted by Gasteiger charge is 2.42. The van der Waals surface area contributed by atoms with Crippen LogP contribution in [-0.2, 0) is 4.74 Å². The van der Waals surface area contributed by atoms with Crippen molar-refractivity contribution in [2.45, 2.75) is 12.0 Å². The zero-order valence-corrected chi connectivity index (χ0v) is 11.1. The molecule has 0 aliphatic carbocycles. The summed E-state index contributed by atoms with van der Waals surface area (Å²) >= 11 is 11.3. The van der Waals surface area contributed by atoms with E-state index in [-0.39, 0.29) is 36.2 Å². The molecule has 1 aliphatic rings. The second kappa shape index (κ2) is 5.66. The Balaban J connectivity index is 2.27. The first kappa shape index (κ1) is 14.6. The van der Waals surface area contributed by atoms with Crippen LogP contribution in [0.5, 0.6) is 0 Å². The topological polar surface area (TPSA) is 71.4 Å². The maximum atomic E-state index is 12.9. The van der Waals surface area contributed by atoms with Gasteiger partial charge >= 0.3 is 0 Å². The number of rotatable bonds is 2. The summed E-state index contributed by atoms with van der Waals surface area (Å²) in [6.45, 7) is -0.475. The van der Waals surface area contributed by atoms with Gasteiger partial charge in [-0.3, -0.25) is 0 Å². The second-order valence-corrected chi connectivity index (χ2v) is 4.73. The van der Waals surface area contributed by atoms with E-state index in [2.05, 4.69) is 15.0 Å². The van der Waals surface area contributed by atoms with Gasteiger partial charge in [0.05, 0.1) is 19.8 Å². The van der Waals surface area contributed by atoms with Gasteiger partial charge in [0.1, 0.15) is 0 Å². The molecule has 10 heteroatoms. The number of hydrogen-bond donors (Lipinski definition) is 1. The molecule has 106 valence electrons. The molecule has 1 atom stereocenters. The van der Waals surface area contributed by atoms with Crippen LogP contribution in [0, 0.1) is 0 Å². The molecular formula is C9H10Cl2F2N4O2. The molecule has 19 heavy (non-hydrogen) atoms. The number of alkyl halides is 2. The largest absolute Gasteiger partial charge is 0.380 e. The van der Waals surface area contributed by atoms with Crippen molar-refractivity contribution >= 4 is 29.2 Å². The molecule has 0 amide bonds. The second-order valence-electron chi connectivity index (χ2n) is 4.05. The highest BCUT2D eigenvalue weighted by molar-refractivity contribution is 6.31. The van der Waals surface area contributed by atoms with E-state index in [1.807, 2.05) is 0 Å². The smallest absolute Gasteiger partial charge is 0.270 e. The Hall–Kier alpha value is -0.830. The van der Waals surface area contributed by atoms with Crippen molar-refractivity contribution < 1.29 is 18.6 Å². The van der Waals surface area contributed by atoms with Crippen LogP contribution in [-0.4, -0.2) is 58.4 Å². The fourth-order valence-corrected chi connectivity index (χ4v) is 1.99. The van der Waals surface area contributed by atoms with Crippen LogP contribution in [0.15, 0.2) is 0 Å². The Morgan fingerprint density at radius 1 is 1.26 bits per heavy atom. The lowest BCUT2D eigenvalue weighted by Gasteiger charge is -2.29. The lowest BCUT2D eigenvalue weighted by Crippen LogP contribution is -2.50. The predicted octanol–water partition coefficient (Wildman–Crippen LogP) is 1.01. The fraction of sp³-hybridized carbons (Fsp3) is 0.667. The maximum absolute atomic E-state index is 12.9. The minimum atomic E-state index is -2.96. The van der Waals surface area contributed by atoms with Crippen LogP contribution >= 0.6 is 23.2 Å². The highest BCUT2D eigenvalue weighted by Crippen LogP contribution is 2.23. The summed E-state index contributed by atoms with van der Waals surface area (Å²) < 4.78 is 30.7. The van der Waals surface area contributed by atoms with Crippen molar-refractivity contribution in [3.63, 3.8) is 0 Å². The zero-order chi connectivity index (χ0) is 14.0. The first-order chi connectivity index (χ1) is 8.90. The predicted molar refractivity (Wildman–Crippen MR) is 63.8 cm³/mol. The number of hydrogen-bond acceptors (Lipinski definition) is 6. The number of anilines is 1. The maximum Gasteiger partial charge on any atom is 0.270 e. The molecule has 0 saturated carbocycles. The summed E-state index contributed by atoms with van der Waals surface area (Å²) in [7, 11) is 0. The minimum absolute atomic E-state index is 0.0228. The van der Waals surface area contributed by atoms with Crippen molar-refractivity contribution in [3.05, 3.63) is 10.6 Å². The van der Waals surface area contributed by atoms with Gasteiger partial charge in [-0.1, -0.05) is 0 Å². The summed E-state index contributed by atoms with van der Waals surface area (Å²) in [5.41, 5.74) is -2.29. The third-order valence-electron chi connectivity index (χ3n) is 2.58. The average molecular weight is 315 g/mol. The highest BCUT2D eigenvalue weighted by atomic mass is 35.5. The van der Waals surface area contributed by atoms with Crippen molar-refractivity contribution in [1.29, 1.82) is 0 Å². The van der Waals surface area contributed by atoms with E-state index >= 15 is 0 Å². The molecule has 2 rings (SSSR count). The molecular weight excluding hydrogens is 305 g/mol. The molecule has 1 unspecified atom stereocenters. The number of nitrogens with zero attached hydrogens (tertiary/aromatic N) is 4. The van der Waals surface area contributed by atoms with Crippen LogP contribution in [0.3, 0.4) is 0 Å². The third kappa shape index (κ3) is 3.38. The molecule has 1 aromatic heterocycles. The standard InChI is InChI=1S/C9H10Cl2F2N4O2/c10-6-14-7(11)16-8(15-6)17-1-2-19-4-9(18,3-17)5(12)13/h5,18H,1-4H2. The molecule has 0 aromatic carbocycles. The van der Waals surface area contributed by atoms with Crippen molar-refractivity contribution in [2.24, 2.45) is 0 Å². The summed E-state index contributed by atoms with van der Waals surface area (Å²) in [6.07, 6.45) is -2.96. The van der Waals surface area contributed by atoms with Crippen LogP contribution in [0.1, 0.15) is 0 Å². The van der Waals surface area contributed by atoms with Gasteiger partial charge in [0.15, 0.2) is 5.60 Å². The molecule has 0 spiro atoms. The Kier molecular flexibility index (Phi) is 4.34. The normalized spacial score (nSPS) is 24.6. The van der Waals surface area contributed by atoms with Gasteiger partial charge in [0, 0.05) is 6.54 Å². The van der Waals surface area contributed by atoms with Crippen LogP contribution < -0.4 is 4.90 Å². The quantitative estimate of drug-likeness (QED) is 0.878. The molecule has 0 bridgehead atoms. The molecule has 0 radical (unpaired) electrons. The number of ether oxygens (including phenoxy) is 1. The third-order valence-corrected chi connectivity index (χ3v) is 2.92. The molecule has 1 aliphatic heterocycles. The van der Waals surface area contributed by atoms with Gasteiger partial charge < -0.3 is 14.7 Å². The van der Waals surface area contributed by atoms with Crippen molar-refractivity contribution in [2.75, 3.05) is 31.2 Å². The SMILES string of the molecule is OC1(C(F)F)COCCN(c2nc(Cl)nc(Cl)n2)C1. The van der Waals surface area contributed by atoms with E-state index in [1.165, 1.54) is 4.90 Å². The van der Waals surface area contributed by atoms with Gasteiger partial charge in [0.2, 0.25) is 16.5 Å². The first-order valence-electron chi connectivity index (χ1n) is 5.31. The van der Waals surface area contributed by atoms with Crippen molar-refractivity contribution in [3.8, 4) is 0 Å². The number of aliphatic hydroxyl groups is 1. The lowest BCUT2D eigenvalue weighted by molar-refractivity contribution is -0.123. The molecule has 1 aromatic rings. The fourth-order valence-electron chi connectivity index (χ4n) is 1.64. The molecule has 1 N–H and O–H groups in total. The Morgan fingerprint density at radius 2 is 1.89 bits per heavy atom. The van der Waals surface area contributed by atoms with E-state index in [1.54, 1.807) is 0 Å². The summed E-state index contributed by atoms with van der Waals surface area (Å²) in [5.74, 6) is 0.0228. The Labute approximate surface area is 117 Å². The van der Waals surface area contributed by atoms with Gasteiger partial charge in [-0.2, -0.15) is 15.0 Å². The van der Waals surface area contributed by atoms with Gasteiger partial charge in [0.25, 0.3) is 6.43 Å². The average Bonchev–Trinajstić information content (AvgIpc) is 2.51. The number of aromatic nitrogens is 3. The molecule has 1 fully saturated rings.